The van der Waals surface area contributed by atoms with Crippen LogP contribution in [0.3, 0.4) is 0 Å². The van der Waals surface area contributed by atoms with E-state index in [2.05, 4.69) is 13.8 Å². The van der Waals surface area contributed by atoms with E-state index in [4.69, 9.17) is 0 Å². The average Bonchev–Trinajstić information content (AvgIpc) is 2.02. The molecule has 0 rings (SSSR count). The normalized spacial score (nSPS) is 11.0. The molecule has 0 aliphatic heterocycles. The molecule has 0 aromatic carbocycles. The molecule has 0 amide bonds. The van der Waals surface area contributed by atoms with E-state index in [1.807, 2.05) is 13.8 Å². The second-order valence-electron chi connectivity index (χ2n) is 4.20. The summed E-state index contributed by atoms with van der Waals surface area (Å²) in [6, 6.07) is 0. The number of hydrogen-bond donors (Lipinski definition) is 0. The molecule has 0 unspecified atom stereocenters. The Morgan fingerprint density at radius 1 is 1.14 bits per heavy atom. The van der Waals surface area contributed by atoms with Gasteiger partial charge in [0.1, 0.15) is 5.78 Å². The highest BCUT2D eigenvalue weighted by atomic mass is 32.2. The first kappa shape index (κ1) is 13.7. The number of hydrogen-bond acceptors (Lipinski definition) is 3. The molecule has 0 saturated carbocycles. The predicted molar refractivity (Wildman–Crippen MR) is 61.4 cm³/mol. The van der Waals surface area contributed by atoms with E-state index in [0.29, 0.717) is 5.92 Å². The van der Waals surface area contributed by atoms with Crippen LogP contribution in [0.25, 0.3) is 0 Å². The van der Waals surface area contributed by atoms with Crippen molar-refractivity contribution in [1.29, 1.82) is 0 Å². The van der Waals surface area contributed by atoms with Crippen LogP contribution in [0.2, 0.25) is 0 Å². The zero-order valence-corrected chi connectivity index (χ0v) is 10.3. The standard InChI is InChI=1S/C11H20O2S/c1-8(2)5-6-14-11(13)7-10(12)9(3)4/h8-9H,5-7H2,1-4H3. The molecule has 14 heavy (non-hydrogen) atoms. The minimum atomic E-state index is -0.0235. The fourth-order valence-corrected chi connectivity index (χ4v) is 1.87. The molecule has 0 aliphatic carbocycles. The lowest BCUT2D eigenvalue weighted by molar-refractivity contribution is -0.125. The highest BCUT2D eigenvalue weighted by molar-refractivity contribution is 8.13. The van der Waals surface area contributed by atoms with Crippen molar-refractivity contribution in [3.63, 3.8) is 0 Å². The van der Waals surface area contributed by atoms with Crippen molar-refractivity contribution in [2.75, 3.05) is 5.75 Å². The quantitative estimate of drug-likeness (QED) is 0.640. The smallest absolute Gasteiger partial charge is 0.196 e. The lowest BCUT2D eigenvalue weighted by atomic mass is 10.1. The van der Waals surface area contributed by atoms with Gasteiger partial charge in [-0.3, -0.25) is 9.59 Å². The molecule has 82 valence electrons. The van der Waals surface area contributed by atoms with Crippen molar-refractivity contribution in [3.05, 3.63) is 0 Å². The Morgan fingerprint density at radius 2 is 1.71 bits per heavy atom. The number of ketones is 1. The molecule has 3 heteroatoms. The van der Waals surface area contributed by atoms with E-state index < -0.39 is 0 Å². The highest BCUT2D eigenvalue weighted by Gasteiger charge is 2.13. The Kier molecular flexibility index (Phi) is 6.89. The van der Waals surface area contributed by atoms with Gasteiger partial charge in [0.25, 0.3) is 0 Å². The summed E-state index contributed by atoms with van der Waals surface area (Å²) in [5, 5.41) is 0.0179. The third kappa shape index (κ3) is 7.13. The summed E-state index contributed by atoms with van der Waals surface area (Å²) in [5.74, 6) is 1.48. The highest BCUT2D eigenvalue weighted by Crippen LogP contribution is 2.13. The summed E-state index contributed by atoms with van der Waals surface area (Å²) in [4.78, 5) is 22.5. The minimum absolute atomic E-state index is 0.0179. The second kappa shape index (κ2) is 7.04. The zero-order valence-electron chi connectivity index (χ0n) is 9.50. The van der Waals surface area contributed by atoms with E-state index in [-0.39, 0.29) is 23.2 Å². The van der Waals surface area contributed by atoms with Crippen LogP contribution < -0.4 is 0 Å². The van der Waals surface area contributed by atoms with Crippen LogP contribution in [0.5, 0.6) is 0 Å². The molecule has 2 nitrogen and oxygen atoms in total. The molecule has 0 aliphatic rings. The monoisotopic (exact) mass is 216 g/mol. The molecule has 0 atom stereocenters. The topological polar surface area (TPSA) is 34.1 Å². The van der Waals surface area contributed by atoms with E-state index in [1.54, 1.807) is 0 Å². The van der Waals surface area contributed by atoms with Crippen LogP contribution in [-0.2, 0) is 9.59 Å². The molecule has 0 heterocycles. The minimum Gasteiger partial charge on any atom is -0.299 e. The van der Waals surface area contributed by atoms with Crippen molar-refractivity contribution in [1.82, 2.24) is 0 Å². The first-order valence-electron chi connectivity index (χ1n) is 5.11. The molecule has 0 radical (unpaired) electrons. The summed E-state index contributed by atoms with van der Waals surface area (Å²) < 4.78 is 0. The second-order valence-corrected chi connectivity index (χ2v) is 5.35. The van der Waals surface area contributed by atoms with Crippen LogP contribution in [-0.4, -0.2) is 16.7 Å². The van der Waals surface area contributed by atoms with Crippen LogP contribution in [0.15, 0.2) is 0 Å². The van der Waals surface area contributed by atoms with Crippen molar-refractivity contribution in [3.8, 4) is 0 Å². The number of carbonyl (C=O) groups is 2. The van der Waals surface area contributed by atoms with E-state index in [0.717, 1.165) is 12.2 Å². The Morgan fingerprint density at radius 3 is 2.14 bits per heavy atom. The van der Waals surface area contributed by atoms with Crippen molar-refractivity contribution >= 4 is 22.7 Å². The molecule has 0 N–H and O–H groups in total. The summed E-state index contributed by atoms with van der Waals surface area (Å²) in [7, 11) is 0. The first-order chi connectivity index (χ1) is 6.43. The summed E-state index contributed by atoms with van der Waals surface area (Å²) >= 11 is 1.29. The van der Waals surface area contributed by atoms with Gasteiger partial charge in [-0.2, -0.15) is 0 Å². The van der Waals surface area contributed by atoms with Crippen molar-refractivity contribution in [2.45, 2.75) is 40.5 Å². The molecule has 0 aromatic rings. The van der Waals surface area contributed by atoms with Crippen molar-refractivity contribution in [2.24, 2.45) is 11.8 Å². The van der Waals surface area contributed by atoms with E-state index >= 15 is 0 Å². The lowest BCUT2D eigenvalue weighted by Crippen LogP contribution is -2.11. The largest absolute Gasteiger partial charge is 0.299 e. The Balaban J connectivity index is 3.61. The maximum absolute atomic E-state index is 11.3. The van der Waals surface area contributed by atoms with Crippen LogP contribution in [0.1, 0.15) is 40.5 Å². The zero-order chi connectivity index (χ0) is 11.1. The Bertz CT molecular complexity index is 197. The molecule has 0 aromatic heterocycles. The van der Waals surface area contributed by atoms with Gasteiger partial charge in [-0.15, -0.1) is 0 Å². The van der Waals surface area contributed by atoms with Gasteiger partial charge in [0.2, 0.25) is 0 Å². The number of Topliss-reactive ketones (excluding diaryl/α,β-unsaturated/α-hetero) is 1. The Hall–Kier alpha value is -0.310. The molecule has 0 fully saturated rings. The molecule has 0 saturated heterocycles. The third-order valence-corrected chi connectivity index (χ3v) is 2.83. The molecule has 0 bridgehead atoms. The summed E-state index contributed by atoms with van der Waals surface area (Å²) in [6.45, 7) is 7.91. The SMILES string of the molecule is CC(C)CCSC(=O)CC(=O)C(C)C. The molecular formula is C11H20O2S. The van der Waals surface area contributed by atoms with Gasteiger partial charge in [-0.25, -0.2) is 0 Å². The summed E-state index contributed by atoms with van der Waals surface area (Å²) in [5.41, 5.74) is 0. The predicted octanol–water partition coefficient (Wildman–Crippen LogP) is 2.91. The van der Waals surface area contributed by atoms with Gasteiger partial charge in [0, 0.05) is 11.7 Å². The molecule has 0 spiro atoms. The molecular weight excluding hydrogens is 196 g/mol. The number of carbonyl (C=O) groups excluding carboxylic acids is 2. The van der Waals surface area contributed by atoms with Gasteiger partial charge in [-0.1, -0.05) is 39.5 Å². The van der Waals surface area contributed by atoms with Gasteiger partial charge in [-0.05, 0) is 12.3 Å². The van der Waals surface area contributed by atoms with E-state index in [9.17, 15) is 9.59 Å². The van der Waals surface area contributed by atoms with Gasteiger partial charge >= 0.3 is 0 Å². The lowest BCUT2D eigenvalue weighted by Gasteiger charge is -2.04. The third-order valence-electron chi connectivity index (χ3n) is 1.92. The summed E-state index contributed by atoms with van der Waals surface area (Å²) in [6.07, 6.45) is 1.13. The van der Waals surface area contributed by atoms with Crippen molar-refractivity contribution < 1.29 is 9.59 Å². The van der Waals surface area contributed by atoms with Crippen LogP contribution in [0.4, 0.5) is 0 Å². The van der Waals surface area contributed by atoms with Gasteiger partial charge in [0.15, 0.2) is 5.12 Å². The fourth-order valence-electron chi connectivity index (χ4n) is 0.806. The van der Waals surface area contributed by atoms with E-state index in [1.165, 1.54) is 11.8 Å². The van der Waals surface area contributed by atoms with Crippen LogP contribution in [0, 0.1) is 11.8 Å². The Labute approximate surface area is 90.8 Å². The average molecular weight is 216 g/mol. The maximum Gasteiger partial charge on any atom is 0.196 e. The number of thioether (sulfide) groups is 1. The first-order valence-corrected chi connectivity index (χ1v) is 6.10. The van der Waals surface area contributed by atoms with Gasteiger partial charge in [0.05, 0.1) is 6.42 Å². The van der Waals surface area contributed by atoms with Gasteiger partial charge < -0.3 is 0 Å². The van der Waals surface area contributed by atoms with Crippen LogP contribution >= 0.6 is 11.8 Å². The number of rotatable bonds is 6. The maximum atomic E-state index is 11.3. The fraction of sp³-hybridized carbons (Fsp3) is 0.818.